The Morgan fingerprint density at radius 2 is 1.45 bits per heavy atom. The number of ether oxygens (including phenoxy) is 1. The van der Waals surface area contributed by atoms with Crippen LogP contribution in [0.1, 0.15) is 56.4 Å². The molecule has 3 amide bonds. The van der Waals surface area contributed by atoms with Gasteiger partial charge in [-0.15, -0.1) is 0 Å². The minimum absolute atomic E-state index is 0.0559. The smallest absolute Gasteiger partial charge is 0.343 e. The molecule has 0 bridgehead atoms. The van der Waals surface area contributed by atoms with Crippen molar-refractivity contribution in [3.63, 3.8) is 0 Å². The van der Waals surface area contributed by atoms with E-state index in [4.69, 9.17) is 27.9 Å². The van der Waals surface area contributed by atoms with Crippen molar-refractivity contribution in [3.8, 4) is 5.75 Å². The molecule has 1 saturated heterocycles. The highest BCUT2D eigenvalue weighted by Gasteiger charge is 2.51. The maximum absolute atomic E-state index is 13.7. The maximum atomic E-state index is 13.7. The first kappa shape index (κ1) is 29.2. The summed E-state index contributed by atoms with van der Waals surface area (Å²) in [6.45, 7) is 3.20. The molecular formula is C32H26Cl2N2O6. The Bertz CT molecular complexity index is 1630. The number of amides is 3. The molecule has 2 aliphatic rings. The van der Waals surface area contributed by atoms with E-state index < -0.39 is 47.9 Å². The van der Waals surface area contributed by atoms with Gasteiger partial charge in [0.15, 0.2) is 5.78 Å². The summed E-state index contributed by atoms with van der Waals surface area (Å²) in [5, 5.41) is 2.02. The highest BCUT2D eigenvalue weighted by molar-refractivity contribution is 6.42. The van der Waals surface area contributed by atoms with Gasteiger partial charge in [0.1, 0.15) is 12.3 Å². The van der Waals surface area contributed by atoms with Gasteiger partial charge < -0.3 is 4.74 Å². The van der Waals surface area contributed by atoms with Crippen LogP contribution in [0, 0.1) is 18.8 Å². The average molecular weight is 605 g/mol. The van der Waals surface area contributed by atoms with Crippen LogP contribution in [0.4, 0.5) is 0 Å². The van der Waals surface area contributed by atoms with E-state index in [1.165, 1.54) is 42.5 Å². The molecule has 0 N–H and O–H groups in total. The van der Waals surface area contributed by atoms with Gasteiger partial charge in [-0.05, 0) is 81.3 Å². The molecule has 3 aromatic rings. The number of allylic oxidation sites excluding steroid dienone is 2. The quantitative estimate of drug-likeness (QED) is 0.106. The lowest BCUT2D eigenvalue weighted by atomic mass is 9.82. The van der Waals surface area contributed by atoms with Gasteiger partial charge in [0.05, 0.1) is 27.4 Å². The molecule has 214 valence electrons. The van der Waals surface area contributed by atoms with E-state index in [0.717, 1.165) is 21.2 Å². The minimum atomic E-state index is -0.754. The molecule has 0 saturated carbocycles. The third kappa shape index (κ3) is 5.86. The van der Waals surface area contributed by atoms with E-state index in [1.807, 2.05) is 19.9 Å². The number of rotatable bonds is 7. The largest absolute Gasteiger partial charge is 0.423 e. The summed E-state index contributed by atoms with van der Waals surface area (Å²) >= 11 is 12.2. The Labute approximate surface area is 252 Å². The number of benzene rings is 3. The Morgan fingerprint density at radius 3 is 2.12 bits per heavy atom. The summed E-state index contributed by atoms with van der Waals surface area (Å²) in [5.41, 5.74) is 2.61. The van der Waals surface area contributed by atoms with Crippen LogP contribution in [-0.2, 0) is 9.59 Å². The van der Waals surface area contributed by atoms with Crippen LogP contribution in [0.15, 0.2) is 78.4 Å². The van der Waals surface area contributed by atoms with Crippen molar-refractivity contribution >= 4 is 52.7 Å². The minimum Gasteiger partial charge on any atom is -0.423 e. The van der Waals surface area contributed by atoms with Gasteiger partial charge in [-0.25, -0.2) is 9.80 Å². The topological polar surface area (TPSA) is 101 Å². The van der Waals surface area contributed by atoms with Gasteiger partial charge in [-0.2, -0.15) is 5.01 Å². The number of ketones is 1. The molecule has 1 aliphatic carbocycles. The number of aryl methyl sites for hydroxylation is 1. The average Bonchev–Trinajstić information content (AvgIpc) is 3.21. The predicted molar refractivity (Wildman–Crippen MR) is 156 cm³/mol. The first-order valence-electron chi connectivity index (χ1n) is 13.3. The number of nitrogens with zero attached hydrogens (tertiary/aromatic N) is 2. The van der Waals surface area contributed by atoms with Crippen molar-refractivity contribution in [2.24, 2.45) is 11.8 Å². The summed E-state index contributed by atoms with van der Waals surface area (Å²) in [5.74, 6) is -3.90. The van der Waals surface area contributed by atoms with Gasteiger partial charge in [-0.1, -0.05) is 52.5 Å². The Balaban J connectivity index is 1.38. The lowest BCUT2D eigenvalue weighted by molar-refractivity contribution is -0.154. The molecule has 3 aromatic carbocycles. The van der Waals surface area contributed by atoms with Crippen molar-refractivity contribution in [2.75, 3.05) is 6.54 Å². The zero-order valence-corrected chi connectivity index (χ0v) is 24.3. The van der Waals surface area contributed by atoms with Crippen molar-refractivity contribution in [1.82, 2.24) is 10.0 Å². The summed E-state index contributed by atoms with van der Waals surface area (Å²) in [6.07, 6.45) is 2.69. The molecule has 8 nitrogen and oxygen atoms in total. The summed E-state index contributed by atoms with van der Waals surface area (Å²) in [7, 11) is 0. The van der Waals surface area contributed by atoms with Crippen molar-refractivity contribution in [2.45, 2.75) is 26.7 Å². The molecule has 5 rings (SSSR count). The first-order chi connectivity index (χ1) is 20.0. The highest BCUT2D eigenvalue weighted by atomic mass is 35.5. The normalized spacial score (nSPS) is 17.9. The summed E-state index contributed by atoms with van der Waals surface area (Å²) in [4.78, 5) is 66.5. The molecule has 1 aliphatic heterocycles. The number of halogens is 2. The van der Waals surface area contributed by atoms with Gasteiger partial charge in [-0.3, -0.25) is 19.2 Å². The second-order valence-corrected chi connectivity index (χ2v) is 11.2. The van der Waals surface area contributed by atoms with Crippen LogP contribution in [0.2, 0.25) is 10.0 Å². The first-order valence-corrected chi connectivity index (χ1v) is 14.0. The van der Waals surface area contributed by atoms with E-state index in [0.29, 0.717) is 18.4 Å². The van der Waals surface area contributed by atoms with Gasteiger partial charge >= 0.3 is 5.97 Å². The standard InChI is InChI=1S/C32H26Cl2N2O6/c1-18-3-6-21(7-4-18)32(41)42-23-11-8-20(9-12-23)28(37)17-35(29(38)22-10-14-26(33)27(34)16-22)36-30(39)24-13-5-19(2)15-25(24)31(36)40/h3-12,14,16,24-25H,13,15,17H2,1-2H3/t24-,25+/m1/s1. The molecule has 42 heavy (non-hydrogen) atoms. The summed E-state index contributed by atoms with van der Waals surface area (Å²) in [6, 6.07) is 16.9. The number of hydrazine groups is 1. The number of imide groups is 1. The molecule has 1 fully saturated rings. The fourth-order valence-corrected chi connectivity index (χ4v) is 5.36. The molecule has 2 atom stereocenters. The van der Waals surface area contributed by atoms with Crippen LogP contribution < -0.4 is 4.74 Å². The Hall–Kier alpha value is -4.27. The number of fused-ring (bicyclic) bond motifs is 1. The molecule has 0 radical (unpaired) electrons. The third-order valence-electron chi connectivity index (χ3n) is 7.41. The van der Waals surface area contributed by atoms with Crippen LogP contribution >= 0.6 is 23.2 Å². The van der Waals surface area contributed by atoms with Crippen LogP contribution in [0.3, 0.4) is 0 Å². The Morgan fingerprint density at radius 1 is 0.833 bits per heavy atom. The third-order valence-corrected chi connectivity index (χ3v) is 8.15. The van der Waals surface area contributed by atoms with Crippen molar-refractivity contribution in [3.05, 3.63) is 111 Å². The van der Waals surface area contributed by atoms with Crippen molar-refractivity contribution in [1.29, 1.82) is 0 Å². The van der Waals surface area contributed by atoms with Crippen LogP contribution in [-0.4, -0.2) is 46.0 Å². The zero-order valence-electron chi connectivity index (χ0n) is 22.8. The maximum Gasteiger partial charge on any atom is 0.343 e. The summed E-state index contributed by atoms with van der Waals surface area (Å²) < 4.78 is 5.40. The van der Waals surface area contributed by atoms with E-state index >= 15 is 0 Å². The molecule has 1 heterocycles. The number of carbonyl (C=O) groups is 5. The number of hydrogen-bond acceptors (Lipinski definition) is 6. The van der Waals surface area contributed by atoms with E-state index in [9.17, 15) is 24.0 Å². The predicted octanol–water partition coefficient (Wildman–Crippen LogP) is 6.10. The van der Waals surface area contributed by atoms with E-state index in [-0.39, 0.29) is 26.9 Å². The SMILES string of the molecule is CC1=CC[C@H]2C(=O)N(N(CC(=O)c3ccc(OC(=O)c4ccc(C)cc4)cc3)C(=O)c3ccc(Cl)c(Cl)c3)C(=O)[C@H]2C1. The van der Waals surface area contributed by atoms with Crippen molar-refractivity contribution < 1.29 is 28.7 Å². The molecular weight excluding hydrogens is 579 g/mol. The van der Waals surface area contributed by atoms with Gasteiger partial charge in [0.2, 0.25) is 0 Å². The second-order valence-electron chi connectivity index (χ2n) is 10.4. The number of hydrogen-bond donors (Lipinski definition) is 0. The van der Waals surface area contributed by atoms with E-state index in [2.05, 4.69) is 0 Å². The van der Waals surface area contributed by atoms with Crippen LogP contribution in [0.25, 0.3) is 0 Å². The number of carbonyl (C=O) groups excluding carboxylic acids is 5. The monoisotopic (exact) mass is 604 g/mol. The van der Waals surface area contributed by atoms with Gasteiger partial charge in [0, 0.05) is 11.1 Å². The molecule has 0 unspecified atom stereocenters. The van der Waals surface area contributed by atoms with Crippen LogP contribution in [0.5, 0.6) is 5.75 Å². The fourth-order valence-electron chi connectivity index (χ4n) is 5.06. The molecule has 0 aromatic heterocycles. The number of Topliss-reactive ketones (excluding diaryl/α,β-unsaturated/α-hetero) is 1. The van der Waals surface area contributed by atoms with E-state index in [1.54, 1.807) is 24.3 Å². The van der Waals surface area contributed by atoms with Gasteiger partial charge in [0.25, 0.3) is 17.7 Å². The molecule has 10 heteroatoms. The lowest BCUT2D eigenvalue weighted by Crippen LogP contribution is -2.52. The Kier molecular flexibility index (Phi) is 8.29. The second kappa shape index (κ2) is 11.9. The molecule has 0 spiro atoms. The highest BCUT2D eigenvalue weighted by Crippen LogP contribution is 2.39. The lowest BCUT2D eigenvalue weighted by Gasteiger charge is -2.30. The zero-order chi connectivity index (χ0) is 30.1. The number of esters is 1. The fraction of sp³-hybridized carbons (Fsp3) is 0.219.